The van der Waals surface area contributed by atoms with Crippen molar-refractivity contribution in [1.29, 1.82) is 10.5 Å². The summed E-state index contributed by atoms with van der Waals surface area (Å²) in [6, 6.07) is 20.0. The molecule has 3 rings (SSSR count). The highest BCUT2D eigenvalue weighted by Crippen LogP contribution is 2.29. The molecule has 1 aromatic heterocycles. The molecule has 0 spiro atoms. The highest BCUT2D eigenvalue weighted by Gasteiger charge is 2.18. The Hall–Kier alpha value is -4.36. The number of rotatable bonds is 6. The van der Waals surface area contributed by atoms with Crippen molar-refractivity contribution < 1.29 is 19.0 Å². The number of aromatic nitrogens is 1. The fourth-order valence-electron chi connectivity index (χ4n) is 2.35. The van der Waals surface area contributed by atoms with Crippen LogP contribution in [0.4, 0.5) is 0 Å². The summed E-state index contributed by atoms with van der Waals surface area (Å²) in [6.45, 7) is 1.91. The Kier molecular flexibility index (Phi) is 6.04. The molecular formula is C22H15N3O4. The van der Waals surface area contributed by atoms with Crippen LogP contribution >= 0.6 is 0 Å². The molecule has 0 bridgehead atoms. The molecule has 0 radical (unpaired) electrons. The average Bonchev–Trinajstić information content (AvgIpc) is 2.75. The van der Waals surface area contributed by atoms with Crippen molar-refractivity contribution in [3.8, 4) is 35.4 Å². The molecule has 2 aromatic carbocycles. The number of hydrogen-bond donors (Lipinski definition) is 0. The van der Waals surface area contributed by atoms with Gasteiger partial charge in [0.25, 0.3) is 0 Å². The van der Waals surface area contributed by atoms with Gasteiger partial charge in [0.15, 0.2) is 0 Å². The highest BCUT2D eigenvalue weighted by atomic mass is 16.5. The quantitative estimate of drug-likeness (QED) is 0.572. The molecule has 0 aliphatic rings. The van der Waals surface area contributed by atoms with Crippen molar-refractivity contribution in [2.45, 2.75) is 6.92 Å². The van der Waals surface area contributed by atoms with Crippen molar-refractivity contribution in [2.24, 2.45) is 0 Å². The smallest absolute Gasteiger partial charge is 0.343 e. The van der Waals surface area contributed by atoms with Crippen molar-refractivity contribution in [3.63, 3.8) is 0 Å². The van der Waals surface area contributed by atoms with Crippen LogP contribution in [-0.4, -0.2) is 17.6 Å². The summed E-state index contributed by atoms with van der Waals surface area (Å²) in [6.07, 6.45) is 0. The minimum absolute atomic E-state index is 0.0132. The van der Waals surface area contributed by atoms with E-state index in [4.69, 9.17) is 24.7 Å². The summed E-state index contributed by atoms with van der Waals surface area (Å²) in [5.41, 5.74) is 1.13. The van der Waals surface area contributed by atoms with Crippen molar-refractivity contribution in [3.05, 3.63) is 77.4 Å². The molecule has 0 N–H and O–H groups in total. The summed E-state index contributed by atoms with van der Waals surface area (Å²) in [4.78, 5) is 16.5. The number of carbonyl (C=O) groups excluding carboxylic acids is 1. The van der Waals surface area contributed by atoms with Gasteiger partial charge in [0.05, 0.1) is 29.9 Å². The lowest BCUT2D eigenvalue weighted by atomic mass is 10.2. The Morgan fingerprint density at radius 1 is 0.862 bits per heavy atom. The van der Waals surface area contributed by atoms with Gasteiger partial charge >= 0.3 is 5.97 Å². The largest absolute Gasteiger partial charge is 0.462 e. The molecule has 142 valence electrons. The average molecular weight is 385 g/mol. The van der Waals surface area contributed by atoms with E-state index >= 15 is 0 Å². The zero-order valence-electron chi connectivity index (χ0n) is 15.5. The summed E-state index contributed by atoms with van der Waals surface area (Å²) in [5, 5.41) is 17.8. The molecule has 0 atom stereocenters. The van der Waals surface area contributed by atoms with Gasteiger partial charge in [-0.3, -0.25) is 0 Å². The van der Waals surface area contributed by atoms with E-state index < -0.39 is 5.97 Å². The minimum atomic E-state index is -0.575. The lowest BCUT2D eigenvalue weighted by Gasteiger charge is -2.12. The summed E-state index contributed by atoms with van der Waals surface area (Å²) < 4.78 is 16.5. The van der Waals surface area contributed by atoms with Gasteiger partial charge in [-0.1, -0.05) is 0 Å². The Morgan fingerprint density at radius 3 is 1.93 bits per heavy atom. The molecule has 0 unspecified atom stereocenters. The first-order valence-electron chi connectivity index (χ1n) is 8.67. The van der Waals surface area contributed by atoms with Crippen LogP contribution in [0.3, 0.4) is 0 Å². The zero-order valence-corrected chi connectivity index (χ0v) is 15.5. The van der Waals surface area contributed by atoms with Gasteiger partial charge in [0.1, 0.15) is 17.1 Å². The third kappa shape index (κ3) is 4.88. The summed E-state index contributed by atoms with van der Waals surface area (Å²) in [5.74, 6) is 0.515. The number of pyridine rings is 1. The molecule has 0 aliphatic heterocycles. The van der Waals surface area contributed by atoms with Gasteiger partial charge in [-0.25, -0.2) is 4.79 Å². The van der Waals surface area contributed by atoms with Gasteiger partial charge < -0.3 is 14.2 Å². The predicted molar refractivity (Wildman–Crippen MR) is 103 cm³/mol. The molecule has 0 fully saturated rings. The number of esters is 1. The van der Waals surface area contributed by atoms with Crippen LogP contribution in [0, 0.1) is 22.7 Å². The number of nitriles is 2. The third-order valence-corrected chi connectivity index (χ3v) is 3.73. The monoisotopic (exact) mass is 385 g/mol. The van der Waals surface area contributed by atoms with E-state index in [-0.39, 0.29) is 23.9 Å². The van der Waals surface area contributed by atoms with Crippen molar-refractivity contribution >= 4 is 5.97 Å². The van der Waals surface area contributed by atoms with Crippen LogP contribution < -0.4 is 9.47 Å². The van der Waals surface area contributed by atoms with Gasteiger partial charge in [-0.2, -0.15) is 15.5 Å². The van der Waals surface area contributed by atoms with Crippen LogP contribution in [0.15, 0.2) is 60.7 Å². The summed E-state index contributed by atoms with van der Waals surface area (Å²) >= 11 is 0. The first kappa shape index (κ1) is 19.4. The van der Waals surface area contributed by atoms with Crippen molar-refractivity contribution in [1.82, 2.24) is 4.98 Å². The maximum absolute atomic E-state index is 12.2. The second-order valence-electron chi connectivity index (χ2n) is 5.70. The molecule has 1 heterocycles. The molecule has 7 nitrogen and oxygen atoms in total. The maximum Gasteiger partial charge on any atom is 0.343 e. The fraction of sp³-hybridized carbons (Fsp3) is 0.0909. The molecule has 7 heteroatoms. The normalized spacial score (nSPS) is 9.76. The number of carbonyl (C=O) groups is 1. The Labute approximate surface area is 167 Å². The second-order valence-corrected chi connectivity index (χ2v) is 5.70. The number of nitrogens with zero attached hydrogens (tertiary/aromatic N) is 3. The molecule has 0 amide bonds. The van der Waals surface area contributed by atoms with E-state index in [1.54, 1.807) is 55.5 Å². The topological polar surface area (TPSA) is 105 Å². The molecule has 0 saturated heterocycles. The van der Waals surface area contributed by atoms with E-state index in [1.165, 1.54) is 12.1 Å². The van der Waals surface area contributed by atoms with E-state index in [1.807, 2.05) is 12.1 Å². The SMILES string of the molecule is CCOC(=O)c1ccc(Oc2ccc(C#N)cc2)nc1Oc1ccc(C#N)cc1. The molecular weight excluding hydrogens is 370 g/mol. The first-order chi connectivity index (χ1) is 14.1. The zero-order chi connectivity index (χ0) is 20.6. The van der Waals surface area contributed by atoms with Gasteiger partial charge in [0.2, 0.25) is 11.8 Å². The Bertz CT molecular complexity index is 1090. The minimum Gasteiger partial charge on any atom is -0.462 e. The molecule has 0 saturated carbocycles. The second kappa shape index (κ2) is 9.03. The van der Waals surface area contributed by atoms with Gasteiger partial charge in [0, 0.05) is 6.07 Å². The highest BCUT2D eigenvalue weighted by molar-refractivity contribution is 5.92. The Balaban J connectivity index is 1.90. The number of hydrogen-bond acceptors (Lipinski definition) is 7. The molecule has 3 aromatic rings. The van der Waals surface area contributed by atoms with E-state index in [2.05, 4.69) is 4.98 Å². The molecule has 29 heavy (non-hydrogen) atoms. The van der Waals surface area contributed by atoms with Crippen molar-refractivity contribution in [2.75, 3.05) is 6.61 Å². The van der Waals surface area contributed by atoms with Gasteiger partial charge in [-0.05, 0) is 61.5 Å². The first-order valence-corrected chi connectivity index (χ1v) is 8.67. The van der Waals surface area contributed by atoms with Crippen LogP contribution in [0.2, 0.25) is 0 Å². The summed E-state index contributed by atoms with van der Waals surface area (Å²) in [7, 11) is 0. The van der Waals surface area contributed by atoms with Crippen LogP contribution in [-0.2, 0) is 4.74 Å². The van der Waals surface area contributed by atoms with Crippen LogP contribution in [0.5, 0.6) is 23.3 Å². The fourth-order valence-corrected chi connectivity index (χ4v) is 2.35. The van der Waals surface area contributed by atoms with Crippen LogP contribution in [0.25, 0.3) is 0 Å². The number of ether oxygens (including phenoxy) is 3. The maximum atomic E-state index is 12.2. The molecule has 0 aliphatic carbocycles. The Morgan fingerprint density at radius 2 is 1.41 bits per heavy atom. The van der Waals surface area contributed by atoms with E-state index in [9.17, 15) is 4.79 Å². The lowest BCUT2D eigenvalue weighted by Crippen LogP contribution is -2.08. The third-order valence-electron chi connectivity index (χ3n) is 3.73. The predicted octanol–water partition coefficient (Wildman–Crippen LogP) is 4.59. The van der Waals surface area contributed by atoms with Crippen LogP contribution in [0.1, 0.15) is 28.4 Å². The van der Waals surface area contributed by atoms with E-state index in [0.717, 1.165) is 0 Å². The van der Waals surface area contributed by atoms with E-state index in [0.29, 0.717) is 22.6 Å². The van der Waals surface area contributed by atoms with Gasteiger partial charge in [-0.15, -0.1) is 0 Å². The standard InChI is InChI=1S/C22H15N3O4/c1-2-27-22(26)19-11-12-20(28-17-7-3-15(13-23)4-8-17)25-21(19)29-18-9-5-16(14-24)6-10-18/h3-12H,2H2,1H3. The number of benzene rings is 2. The lowest BCUT2D eigenvalue weighted by molar-refractivity contribution is 0.0522.